The molecule has 0 spiro atoms. The summed E-state index contributed by atoms with van der Waals surface area (Å²) in [7, 11) is 1.41. The fraction of sp³-hybridized carbons (Fsp3) is 0.500. The number of benzene rings is 2. The van der Waals surface area contributed by atoms with Gasteiger partial charge in [-0.15, -0.1) is 0 Å². The number of piperidine rings is 1. The van der Waals surface area contributed by atoms with Crippen molar-refractivity contribution in [3.8, 4) is 28.1 Å². The Morgan fingerprint density at radius 1 is 1.06 bits per heavy atom. The molecule has 5 heterocycles. The average Bonchev–Trinajstić information content (AvgIpc) is 3.51. The van der Waals surface area contributed by atoms with Crippen molar-refractivity contribution < 1.29 is 28.1 Å². The molecule has 2 unspecified atom stereocenters. The Hall–Kier alpha value is -3.95. The van der Waals surface area contributed by atoms with Gasteiger partial charge in [0.2, 0.25) is 0 Å². The van der Waals surface area contributed by atoms with Crippen molar-refractivity contribution in [2.24, 2.45) is 0 Å². The van der Waals surface area contributed by atoms with E-state index in [4.69, 9.17) is 23.9 Å². The number of carbonyl (C=O) groups is 1. The van der Waals surface area contributed by atoms with E-state index in [0.717, 1.165) is 90.2 Å². The van der Waals surface area contributed by atoms with Crippen molar-refractivity contribution in [3.05, 3.63) is 71.2 Å². The first-order chi connectivity index (χ1) is 23.3. The number of esters is 1. The summed E-state index contributed by atoms with van der Waals surface area (Å²) < 4.78 is 42.1. The number of pyridine rings is 1. The molecule has 8 nitrogen and oxygen atoms in total. The minimum absolute atomic E-state index is 0.156. The van der Waals surface area contributed by atoms with Gasteiger partial charge in [0, 0.05) is 42.6 Å². The molecule has 49 heavy (non-hydrogen) atoms. The molecule has 262 valence electrons. The van der Waals surface area contributed by atoms with Gasteiger partial charge in [0.25, 0.3) is 0 Å². The maximum absolute atomic E-state index is 15.3. The Labute approximate surface area is 289 Å². The molecule has 0 aliphatic carbocycles. The lowest BCUT2D eigenvalue weighted by atomic mass is 9.92. The number of hydrogen-bond donors (Lipinski definition) is 0. The van der Waals surface area contributed by atoms with E-state index in [1.165, 1.54) is 13.2 Å². The Kier molecular flexibility index (Phi) is 9.79. The van der Waals surface area contributed by atoms with Crippen molar-refractivity contribution in [1.29, 1.82) is 0 Å². The highest BCUT2D eigenvalue weighted by Crippen LogP contribution is 2.42. The maximum atomic E-state index is 15.3. The van der Waals surface area contributed by atoms with Crippen LogP contribution >= 0.6 is 0 Å². The normalized spacial score (nSPS) is 20.9. The van der Waals surface area contributed by atoms with Gasteiger partial charge in [-0.25, -0.2) is 14.2 Å². The van der Waals surface area contributed by atoms with Crippen LogP contribution in [0.3, 0.4) is 0 Å². The standard InChI is InChI=1S/C40H50FN3O5/c1-25-13-9-10-22-47-40(7)18-20-43(21-19-40)37-33(35(38(45)46-8)49-39(4,5)6)26(2)27(3)36-42-32(24-44(36)37)29-15-11-14-28(23-29)30-16-12-17-31(41)34(30)48-25/h11-12,14-17,23-25,35H,9-10,13,18-22H2,1-8H3. The van der Waals surface area contributed by atoms with Crippen LogP contribution < -0.4 is 9.64 Å². The highest BCUT2D eigenvalue weighted by atomic mass is 19.1. The average molecular weight is 672 g/mol. The fourth-order valence-electron chi connectivity index (χ4n) is 7.08. The SMILES string of the molecule is COC(=O)C(OC(C)(C)C)c1c(C)c(C)c2nc3cn2c1N1CCC(C)(CC1)OCCCCC(C)Oc1c(F)cccc1-c1cccc-3c1. The van der Waals surface area contributed by atoms with Crippen LogP contribution in [0.1, 0.15) is 89.5 Å². The lowest BCUT2D eigenvalue weighted by molar-refractivity contribution is -0.164. The molecule has 2 aromatic carbocycles. The first-order valence-electron chi connectivity index (χ1n) is 17.5. The molecule has 0 radical (unpaired) electrons. The van der Waals surface area contributed by atoms with E-state index in [2.05, 4.69) is 16.2 Å². The Bertz CT molecular complexity index is 1840. The molecule has 1 saturated heterocycles. The highest BCUT2D eigenvalue weighted by Gasteiger charge is 2.38. The van der Waals surface area contributed by atoms with E-state index < -0.39 is 17.7 Å². The Morgan fingerprint density at radius 2 is 1.78 bits per heavy atom. The third-order valence-corrected chi connectivity index (χ3v) is 9.96. The first kappa shape index (κ1) is 34.9. The second kappa shape index (κ2) is 13.8. The molecule has 2 aromatic heterocycles. The van der Waals surface area contributed by atoms with Gasteiger partial charge in [0.15, 0.2) is 17.7 Å². The van der Waals surface area contributed by atoms with E-state index in [9.17, 15) is 4.79 Å². The van der Waals surface area contributed by atoms with Gasteiger partial charge in [-0.3, -0.25) is 4.40 Å². The fourth-order valence-corrected chi connectivity index (χ4v) is 7.08. The molecule has 3 aliphatic rings. The molecule has 6 bridgehead atoms. The number of halogens is 1. The van der Waals surface area contributed by atoms with Gasteiger partial charge in [0.1, 0.15) is 11.5 Å². The number of para-hydroxylation sites is 1. The van der Waals surface area contributed by atoms with Crippen LogP contribution in [-0.4, -0.2) is 59.5 Å². The zero-order valence-corrected chi connectivity index (χ0v) is 30.2. The summed E-state index contributed by atoms with van der Waals surface area (Å²) in [5, 5.41) is 0. The van der Waals surface area contributed by atoms with Crippen molar-refractivity contribution in [2.75, 3.05) is 31.7 Å². The van der Waals surface area contributed by atoms with Crippen molar-refractivity contribution in [2.45, 2.75) is 104 Å². The number of hydrogen-bond acceptors (Lipinski definition) is 7. The van der Waals surface area contributed by atoms with Gasteiger partial charge in [-0.2, -0.15) is 0 Å². The molecule has 3 aliphatic heterocycles. The van der Waals surface area contributed by atoms with Gasteiger partial charge in [0.05, 0.1) is 30.1 Å². The number of anilines is 1. The number of methoxy groups -OCH3 is 1. The van der Waals surface area contributed by atoms with Gasteiger partial charge in [-0.05, 0) is 109 Å². The molecular formula is C40H50FN3O5. The van der Waals surface area contributed by atoms with Crippen molar-refractivity contribution >= 4 is 17.4 Å². The summed E-state index contributed by atoms with van der Waals surface area (Å²) in [5.74, 6) is 0.308. The summed E-state index contributed by atoms with van der Waals surface area (Å²) in [4.78, 5) is 21.1. The summed E-state index contributed by atoms with van der Waals surface area (Å²) in [5.41, 5.74) is 5.78. The van der Waals surface area contributed by atoms with Crippen LogP contribution in [0.2, 0.25) is 0 Å². The molecule has 1 fully saturated rings. The zero-order valence-electron chi connectivity index (χ0n) is 30.2. The quantitative estimate of drug-likeness (QED) is 0.202. The smallest absolute Gasteiger partial charge is 0.339 e. The van der Waals surface area contributed by atoms with Gasteiger partial charge >= 0.3 is 5.97 Å². The minimum Gasteiger partial charge on any atom is -0.487 e. The summed E-state index contributed by atoms with van der Waals surface area (Å²) >= 11 is 0. The number of rotatable bonds is 3. The zero-order chi connectivity index (χ0) is 35.1. The molecular weight excluding hydrogens is 621 g/mol. The number of aryl methyl sites for hydroxylation is 1. The number of ether oxygens (including phenoxy) is 4. The third-order valence-electron chi connectivity index (χ3n) is 9.96. The molecule has 0 saturated carbocycles. The maximum Gasteiger partial charge on any atom is 0.339 e. The summed E-state index contributed by atoms with van der Waals surface area (Å²) in [6.45, 7) is 16.2. The van der Waals surface area contributed by atoms with Crippen LogP contribution in [0.25, 0.3) is 28.0 Å². The van der Waals surface area contributed by atoms with Gasteiger partial charge < -0.3 is 23.8 Å². The van der Waals surface area contributed by atoms with Crippen LogP contribution in [0.15, 0.2) is 48.7 Å². The van der Waals surface area contributed by atoms with Crippen molar-refractivity contribution in [3.63, 3.8) is 0 Å². The van der Waals surface area contributed by atoms with Crippen LogP contribution in [-0.2, 0) is 19.0 Å². The lowest BCUT2D eigenvalue weighted by Gasteiger charge is -2.42. The lowest BCUT2D eigenvalue weighted by Crippen LogP contribution is -2.45. The Morgan fingerprint density at radius 3 is 2.49 bits per heavy atom. The molecule has 0 amide bonds. The van der Waals surface area contributed by atoms with Crippen LogP contribution in [0.4, 0.5) is 10.2 Å². The monoisotopic (exact) mass is 671 g/mol. The molecule has 4 aromatic rings. The number of imidazole rings is 1. The second-order valence-corrected chi connectivity index (χ2v) is 14.8. The molecule has 2 atom stereocenters. The second-order valence-electron chi connectivity index (χ2n) is 14.8. The number of nitrogens with zero attached hydrogens (tertiary/aromatic N) is 3. The molecule has 7 rings (SSSR count). The largest absolute Gasteiger partial charge is 0.487 e. The molecule has 9 heteroatoms. The van der Waals surface area contributed by atoms with Crippen molar-refractivity contribution in [1.82, 2.24) is 9.38 Å². The van der Waals surface area contributed by atoms with E-state index >= 15 is 4.39 Å². The van der Waals surface area contributed by atoms with E-state index in [1.807, 2.05) is 78.1 Å². The summed E-state index contributed by atoms with van der Waals surface area (Å²) in [6, 6.07) is 13.1. The number of carbonyl (C=O) groups excluding carboxylic acids is 1. The topological polar surface area (TPSA) is 74.5 Å². The molecule has 0 N–H and O–H groups in total. The van der Waals surface area contributed by atoms with E-state index in [-0.39, 0.29) is 23.3 Å². The van der Waals surface area contributed by atoms with Crippen LogP contribution in [0, 0.1) is 19.7 Å². The predicted molar refractivity (Wildman–Crippen MR) is 191 cm³/mol. The van der Waals surface area contributed by atoms with E-state index in [0.29, 0.717) is 12.2 Å². The first-order valence-corrected chi connectivity index (χ1v) is 17.5. The Balaban J connectivity index is 1.57. The van der Waals surface area contributed by atoms with E-state index in [1.54, 1.807) is 6.07 Å². The predicted octanol–water partition coefficient (Wildman–Crippen LogP) is 8.78. The highest BCUT2D eigenvalue weighted by molar-refractivity contribution is 5.82. The van der Waals surface area contributed by atoms with Crippen LogP contribution in [0.5, 0.6) is 5.75 Å². The summed E-state index contributed by atoms with van der Waals surface area (Å²) in [6.07, 6.45) is 5.19. The van der Waals surface area contributed by atoms with Gasteiger partial charge in [-0.1, -0.05) is 30.3 Å². The number of fused-ring (bicyclic) bond motifs is 8. The minimum atomic E-state index is -0.943. The third kappa shape index (κ3) is 7.19. The number of aromatic nitrogens is 2.